The Morgan fingerprint density at radius 2 is 1.78 bits per heavy atom. The van der Waals surface area contributed by atoms with Crippen molar-refractivity contribution in [3.63, 3.8) is 0 Å². The zero-order valence-corrected chi connectivity index (χ0v) is 16.2. The van der Waals surface area contributed by atoms with Crippen molar-refractivity contribution >= 4 is 0 Å². The minimum Gasteiger partial charge on any atom is -0.330 e. The summed E-state index contributed by atoms with van der Waals surface area (Å²) in [6.45, 7) is 4.42. The fourth-order valence-electron chi connectivity index (χ4n) is 7.32. The molecule has 154 valence electrons. The van der Waals surface area contributed by atoms with E-state index in [-0.39, 0.29) is 22.2 Å². The van der Waals surface area contributed by atoms with Gasteiger partial charge in [-0.15, -0.1) is 20.2 Å². The van der Waals surface area contributed by atoms with Crippen LogP contribution in [0.5, 0.6) is 0 Å². The van der Waals surface area contributed by atoms with Crippen LogP contribution in [-0.2, 0) is 9.68 Å². The van der Waals surface area contributed by atoms with Gasteiger partial charge in [0.2, 0.25) is 0 Å². The average Bonchev–Trinajstić information content (AvgIpc) is 2.56. The fourth-order valence-corrected chi connectivity index (χ4v) is 7.32. The molecule has 4 saturated carbocycles. The lowest BCUT2D eigenvalue weighted by atomic mass is 9.36. The number of rotatable bonds is 10. The number of hydrogen-bond acceptors (Lipinski definition) is 7. The van der Waals surface area contributed by atoms with Gasteiger partial charge in [-0.05, 0) is 79.6 Å². The first-order valence-corrected chi connectivity index (χ1v) is 9.96. The molecular weight excluding hydrogens is 354 g/mol. The molecule has 0 amide bonds. The van der Waals surface area contributed by atoms with Crippen LogP contribution in [0.2, 0.25) is 0 Å². The van der Waals surface area contributed by atoms with Crippen LogP contribution in [0.15, 0.2) is 0 Å². The van der Waals surface area contributed by atoms with E-state index in [4.69, 9.17) is 10.6 Å². The second-order valence-electron chi connectivity index (χ2n) is 9.44. The highest BCUT2D eigenvalue weighted by molar-refractivity contribution is 5.14. The smallest absolute Gasteiger partial charge is 0.294 e. The van der Waals surface area contributed by atoms with Crippen LogP contribution in [0.4, 0.5) is 0 Å². The van der Waals surface area contributed by atoms with Gasteiger partial charge in [-0.1, -0.05) is 20.3 Å². The number of nitrogens with zero attached hydrogens (tertiary/aromatic N) is 2. The minimum atomic E-state index is -0.939. The Hall–Kier alpha value is -1.64. The molecule has 0 spiro atoms. The van der Waals surface area contributed by atoms with Gasteiger partial charge in [0.15, 0.2) is 0 Å². The number of nitrogens with two attached hydrogens (primary N) is 1. The van der Waals surface area contributed by atoms with E-state index in [2.05, 4.69) is 11.8 Å². The highest BCUT2D eigenvalue weighted by atomic mass is 17.0. The molecule has 4 aliphatic rings. The fraction of sp³-hybridized carbons (Fsp3) is 1.00. The van der Waals surface area contributed by atoms with Crippen molar-refractivity contribution in [3.8, 4) is 0 Å². The summed E-state index contributed by atoms with van der Waals surface area (Å²) in [5, 5.41) is 19.9. The average molecular weight is 385 g/mol. The Bertz CT molecular complexity index is 604. The van der Waals surface area contributed by atoms with Crippen LogP contribution < -0.4 is 5.73 Å². The third-order valence-corrected chi connectivity index (χ3v) is 7.86. The Morgan fingerprint density at radius 1 is 1.11 bits per heavy atom. The molecule has 0 heterocycles. The maximum Gasteiger partial charge on any atom is 0.294 e. The van der Waals surface area contributed by atoms with E-state index in [1.165, 1.54) is 19.3 Å². The summed E-state index contributed by atoms with van der Waals surface area (Å²) in [7, 11) is 0. The molecule has 9 nitrogen and oxygen atoms in total. The van der Waals surface area contributed by atoms with Crippen LogP contribution >= 0.6 is 0 Å². The summed E-state index contributed by atoms with van der Waals surface area (Å²) in [4.78, 5) is 31.0. The van der Waals surface area contributed by atoms with Gasteiger partial charge in [-0.25, -0.2) is 0 Å². The van der Waals surface area contributed by atoms with Crippen LogP contribution in [0.1, 0.15) is 65.2 Å². The van der Waals surface area contributed by atoms with E-state index in [1.54, 1.807) is 0 Å². The summed E-state index contributed by atoms with van der Waals surface area (Å²) in [5.74, 6) is 0.400. The Labute approximate surface area is 159 Å². The molecule has 0 radical (unpaired) electrons. The van der Waals surface area contributed by atoms with E-state index in [0.717, 1.165) is 32.1 Å². The van der Waals surface area contributed by atoms with Crippen molar-refractivity contribution in [2.24, 2.45) is 33.8 Å². The standard InChI is InChI=1S/C18H31N3O6/c1-3-16-6-14-7-17(10-16,4-5-19)12-18(8-14,11-16)13(2)15(27-21(24)25)9-26-20(22)23/h13-15H,3-12,19H2,1-2H3. The normalized spacial score (nSPS) is 39.0. The summed E-state index contributed by atoms with van der Waals surface area (Å²) in [5.41, 5.74) is 6.30. The van der Waals surface area contributed by atoms with Gasteiger partial charge in [0.25, 0.3) is 10.2 Å². The molecule has 6 atom stereocenters. The van der Waals surface area contributed by atoms with E-state index in [1.807, 2.05) is 6.92 Å². The van der Waals surface area contributed by atoms with Gasteiger partial charge >= 0.3 is 0 Å². The zero-order valence-electron chi connectivity index (χ0n) is 16.2. The van der Waals surface area contributed by atoms with Crippen molar-refractivity contribution in [2.75, 3.05) is 13.2 Å². The van der Waals surface area contributed by atoms with E-state index >= 15 is 0 Å². The monoisotopic (exact) mass is 385 g/mol. The first-order chi connectivity index (χ1) is 12.7. The lowest BCUT2D eigenvalue weighted by Gasteiger charge is -2.69. The third kappa shape index (κ3) is 3.70. The molecule has 4 bridgehead atoms. The summed E-state index contributed by atoms with van der Waals surface area (Å²) in [6.07, 6.45) is 7.72. The first kappa shape index (κ1) is 20.1. The van der Waals surface area contributed by atoms with E-state index in [0.29, 0.717) is 12.5 Å². The highest BCUT2D eigenvalue weighted by Gasteiger charge is 2.64. The molecule has 27 heavy (non-hydrogen) atoms. The molecule has 4 rings (SSSR count). The van der Waals surface area contributed by atoms with Crippen LogP contribution in [-0.4, -0.2) is 29.4 Å². The molecule has 0 saturated heterocycles. The van der Waals surface area contributed by atoms with Crippen molar-refractivity contribution in [1.29, 1.82) is 0 Å². The molecule has 0 aromatic rings. The second-order valence-corrected chi connectivity index (χ2v) is 9.44. The SMILES string of the molecule is CCC12CC3CC(CCN)(C1)CC(C(C)C(CO[N+](=O)[O-])O[N+](=O)[O-])(C3)C2. The van der Waals surface area contributed by atoms with Crippen molar-refractivity contribution < 1.29 is 19.8 Å². The van der Waals surface area contributed by atoms with E-state index < -0.39 is 22.9 Å². The van der Waals surface area contributed by atoms with Crippen molar-refractivity contribution in [1.82, 2.24) is 0 Å². The molecule has 0 aliphatic heterocycles. The Kier molecular flexibility index (Phi) is 5.26. The van der Waals surface area contributed by atoms with Gasteiger partial charge in [-0.3, -0.25) is 0 Å². The van der Waals surface area contributed by atoms with Gasteiger partial charge < -0.3 is 15.4 Å². The van der Waals surface area contributed by atoms with Crippen molar-refractivity contribution in [2.45, 2.75) is 71.3 Å². The number of hydrogen-bond donors (Lipinski definition) is 1. The third-order valence-electron chi connectivity index (χ3n) is 7.86. The van der Waals surface area contributed by atoms with Crippen LogP contribution in [0.3, 0.4) is 0 Å². The van der Waals surface area contributed by atoms with Gasteiger partial charge in [-0.2, -0.15) is 0 Å². The Balaban J connectivity index is 1.90. The molecule has 0 aromatic carbocycles. The lowest BCUT2D eigenvalue weighted by Crippen LogP contribution is -2.60. The molecule has 9 heteroatoms. The maximum atomic E-state index is 11.0. The highest BCUT2D eigenvalue weighted by Crippen LogP contribution is 2.73. The molecule has 2 N–H and O–H groups in total. The van der Waals surface area contributed by atoms with Gasteiger partial charge in [0.05, 0.1) is 0 Å². The maximum absolute atomic E-state index is 11.0. The Morgan fingerprint density at radius 3 is 2.37 bits per heavy atom. The minimum absolute atomic E-state index is 0.106. The first-order valence-electron chi connectivity index (χ1n) is 9.96. The van der Waals surface area contributed by atoms with Crippen LogP contribution in [0.25, 0.3) is 0 Å². The summed E-state index contributed by atoms with van der Waals surface area (Å²) >= 11 is 0. The molecular formula is C18H31N3O6. The summed E-state index contributed by atoms with van der Waals surface area (Å²) in [6, 6.07) is 0. The van der Waals surface area contributed by atoms with Crippen LogP contribution in [0, 0.1) is 48.3 Å². The lowest BCUT2D eigenvalue weighted by molar-refractivity contribution is -0.792. The van der Waals surface area contributed by atoms with Gasteiger partial charge in [0, 0.05) is 0 Å². The topological polar surface area (TPSA) is 131 Å². The van der Waals surface area contributed by atoms with E-state index in [9.17, 15) is 20.2 Å². The molecule has 0 aromatic heterocycles. The molecule has 4 fully saturated rings. The quantitative estimate of drug-likeness (QED) is 0.451. The predicted molar refractivity (Wildman–Crippen MR) is 96.4 cm³/mol. The molecule has 6 unspecified atom stereocenters. The largest absolute Gasteiger partial charge is 0.330 e. The van der Waals surface area contributed by atoms with Crippen molar-refractivity contribution in [3.05, 3.63) is 20.2 Å². The predicted octanol–water partition coefficient (Wildman–Crippen LogP) is 3.12. The molecule has 4 aliphatic carbocycles. The summed E-state index contributed by atoms with van der Waals surface area (Å²) < 4.78 is 0. The second kappa shape index (κ2) is 7.07. The van der Waals surface area contributed by atoms with Gasteiger partial charge in [0.1, 0.15) is 12.7 Å². The zero-order chi connectivity index (χ0) is 19.9.